The van der Waals surface area contributed by atoms with Gasteiger partial charge in [0.1, 0.15) is 11.5 Å². The van der Waals surface area contributed by atoms with Crippen LogP contribution in [-0.2, 0) is 20.0 Å². The molecule has 13 heteroatoms. The molecular weight excluding hydrogens is 518 g/mol. The summed E-state index contributed by atoms with van der Waals surface area (Å²) >= 11 is 6.06. The quantitative estimate of drug-likeness (QED) is 0.376. The van der Waals surface area contributed by atoms with Crippen molar-refractivity contribution in [1.29, 1.82) is 0 Å². The fourth-order valence-electron chi connectivity index (χ4n) is 2.95. The first kappa shape index (κ1) is 26.1. The fraction of sp³-hybridized carbons (Fsp3) is 0.136. The van der Waals surface area contributed by atoms with Gasteiger partial charge < -0.3 is 14.8 Å². The van der Waals surface area contributed by atoms with Crippen LogP contribution in [0.4, 0.5) is 17.1 Å². The van der Waals surface area contributed by atoms with Crippen molar-refractivity contribution in [2.75, 3.05) is 35.2 Å². The van der Waals surface area contributed by atoms with E-state index in [1.165, 1.54) is 62.8 Å². The summed E-state index contributed by atoms with van der Waals surface area (Å²) in [5.41, 5.74) is 0.891. The summed E-state index contributed by atoms with van der Waals surface area (Å²) in [5.74, 6) is 0.273. The molecule has 0 spiro atoms. The van der Waals surface area contributed by atoms with E-state index in [2.05, 4.69) is 14.8 Å². The lowest BCUT2D eigenvalue weighted by Gasteiger charge is -2.13. The van der Waals surface area contributed by atoms with Gasteiger partial charge in [0.05, 0.1) is 41.8 Å². The molecule has 0 saturated heterocycles. The maximum Gasteiger partial charge on any atom is 0.262 e. The number of ether oxygens (including phenoxy) is 2. The Bertz CT molecular complexity index is 1460. The molecule has 35 heavy (non-hydrogen) atoms. The van der Waals surface area contributed by atoms with Gasteiger partial charge in [0, 0.05) is 17.3 Å². The summed E-state index contributed by atoms with van der Waals surface area (Å²) in [7, 11) is -4.58. The summed E-state index contributed by atoms with van der Waals surface area (Å²) in [4.78, 5) is 12.5. The molecule has 3 rings (SSSR count). The monoisotopic (exact) mass is 539 g/mol. The predicted octanol–water partition coefficient (Wildman–Crippen LogP) is 3.78. The Morgan fingerprint density at radius 3 is 2.06 bits per heavy atom. The highest BCUT2D eigenvalue weighted by molar-refractivity contribution is 7.92. The van der Waals surface area contributed by atoms with Crippen LogP contribution in [-0.4, -0.2) is 43.2 Å². The van der Waals surface area contributed by atoms with Crippen LogP contribution in [0, 0.1) is 0 Å². The smallest absolute Gasteiger partial charge is 0.262 e. The molecule has 3 aromatic rings. The van der Waals surface area contributed by atoms with Gasteiger partial charge >= 0.3 is 0 Å². The molecule has 10 nitrogen and oxygen atoms in total. The number of nitrogens with one attached hydrogen (secondary N) is 3. The van der Waals surface area contributed by atoms with Crippen LogP contribution in [0.2, 0.25) is 5.02 Å². The second kappa shape index (κ2) is 10.4. The summed E-state index contributed by atoms with van der Waals surface area (Å²) < 4.78 is 63.4. The van der Waals surface area contributed by atoms with Crippen LogP contribution >= 0.6 is 11.6 Å². The second-order valence-corrected chi connectivity index (χ2v) is 11.1. The van der Waals surface area contributed by atoms with Crippen molar-refractivity contribution in [2.24, 2.45) is 0 Å². The van der Waals surface area contributed by atoms with E-state index in [9.17, 15) is 21.6 Å². The first-order chi connectivity index (χ1) is 16.4. The van der Waals surface area contributed by atoms with E-state index in [1.807, 2.05) is 0 Å². The largest absolute Gasteiger partial charge is 0.497 e. The summed E-state index contributed by atoms with van der Waals surface area (Å²) in [6.07, 6.45) is 0.983. The van der Waals surface area contributed by atoms with Gasteiger partial charge in [-0.25, -0.2) is 16.8 Å². The number of rotatable bonds is 9. The van der Waals surface area contributed by atoms with Crippen molar-refractivity contribution < 1.29 is 31.1 Å². The minimum absolute atomic E-state index is 0.0346. The van der Waals surface area contributed by atoms with E-state index < -0.39 is 26.0 Å². The number of halogens is 1. The van der Waals surface area contributed by atoms with Crippen LogP contribution in [0.3, 0.4) is 0 Å². The number of anilines is 3. The number of sulfonamides is 2. The number of benzene rings is 3. The SMILES string of the molecule is COc1ccc(NS(=O)(=O)c2ccc(NC(=O)c3ccc(NS(C)(=O)=O)c(Cl)c3)cc2)c(OC)c1. The summed E-state index contributed by atoms with van der Waals surface area (Å²) in [6, 6.07) is 14.3. The molecule has 186 valence electrons. The fourth-order valence-corrected chi connectivity index (χ4v) is 4.88. The van der Waals surface area contributed by atoms with E-state index in [-0.39, 0.29) is 32.6 Å². The lowest BCUT2D eigenvalue weighted by Crippen LogP contribution is -2.15. The van der Waals surface area contributed by atoms with Gasteiger partial charge in [-0.15, -0.1) is 0 Å². The normalized spacial score (nSPS) is 11.4. The Labute approximate surface area is 208 Å². The lowest BCUT2D eigenvalue weighted by molar-refractivity contribution is 0.102. The zero-order chi connectivity index (χ0) is 25.8. The molecule has 0 radical (unpaired) electrons. The van der Waals surface area contributed by atoms with Crippen molar-refractivity contribution >= 4 is 54.6 Å². The van der Waals surface area contributed by atoms with E-state index >= 15 is 0 Å². The molecule has 0 aliphatic rings. The van der Waals surface area contributed by atoms with E-state index in [0.717, 1.165) is 6.26 Å². The second-order valence-electron chi connectivity index (χ2n) is 7.22. The van der Waals surface area contributed by atoms with Crippen molar-refractivity contribution in [3.63, 3.8) is 0 Å². The zero-order valence-corrected chi connectivity index (χ0v) is 21.2. The molecule has 0 bridgehead atoms. The highest BCUT2D eigenvalue weighted by Gasteiger charge is 2.18. The molecule has 0 atom stereocenters. The molecule has 0 aliphatic carbocycles. The number of amides is 1. The van der Waals surface area contributed by atoms with Crippen molar-refractivity contribution in [3.05, 3.63) is 71.2 Å². The molecule has 3 aromatic carbocycles. The van der Waals surface area contributed by atoms with Crippen LogP contribution in [0.5, 0.6) is 11.5 Å². The molecule has 0 unspecified atom stereocenters. The van der Waals surface area contributed by atoms with Gasteiger partial charge in [-0.1, -0.05) is 11.6 Å². The Morgan fingerprint density at radius 2 is 1.49 bits per heavy atom. The Hall–Kier alpha value is -3.48. The maximum atomic E-state index is 12.8. The van der Waals surface area contributed by atoms with Crippen molar-refractivity contribution in [1.82, 2.24) is 0 Å². The van der Waals surface area contributed by atoms with Crippen LogP contribution in [0.25, 0.3) is 0 Å². The molecule has 3 N–H and O–H groups in total. The zero-order valence-electron chi connectivity index (χ0n) is 18.8. The molecule has 1 amide bonds. The third-order valence-corrected chi connectivity index (χ3v) is 6.89. The Morgan fingerprint density at radius 1 is 0.829 bits per heavy atom. The molecule has 0 aromatic heterocycles. The van der Waals surface area contributed by atoms with Gasteiger partial charge in [-0.05, 0) is 54.6 Å². The van der Waals surface area contributed by atoms with Crippen LogP contribution in [0.15, 0.2) is 65.6 Å². The first-order valence-corrected chi connectivity index (χ1v) is 13.6. The van der Waals surface area contributed by atoms with Crippen molar-refractivity contribution in [3.8, 4) is 11.5 Å². The van der Waals surface area contributed by atoms with Gasteiger partial charge in [0.2, 0.25) is 10.0 Å². The van der Waals surface area contributed by atoms with Gasteiger partial charge in [-0.2, -0.15) is 0 Å². The summed E-state index contributed by atoms with van der Waals surface area (Å²) in [5, 5.41) is 2.67. The van der Waals surface area contributed by atoms with Gasteiger partial charge in [0.15, 0.2) is 0 Å². The Balaban J connectivity index is 1.73. The number of carbonyl (C=O) groups is 1. The molecule has 0 aliphatic heterocycles. The number of hydrogen-bond acceptors (Lipinski definition) is 7. The minimum Gasteiger partial charge on any atom is -0.497 e. The average molecular weight is 540 g/mol. The topological polar surface area (TPSA) is 140 Å². The standard InChI is InChI=1S/C22H22ClN3O7S2/c1-32-16-7-11-20(21(13-16)33-2)26-35(30,31)17-8-5-15(6-9-17)24-22(27)14-4-10-19(18(23)12-14)25-34(3,28)29/h4-13,25-26H,1-3H3,(H,24,27). The molecular formula is C22H22ClN3O7S2. The molecule has 0 heterocycles. The maximum absolute atomic E-state index is 12.8. The third kappa shape index (κ3) is 6.78. The van der Waals surface area contributed by atoms with Gasteiger partial charge in [-0.3, -0.25) is 14.2 Å². The average Bonchev–Trinajstić information content (AvgIpc) is 2.80. The highest BCUT2D eigenvalue weighted by atomic mass is 35.5. The Kier molecular flexibility index (Phi) is 7.78. The van der Waals surface area contributed by atoms with Crippen LogP contribution < -0.4 is 24.2 Å². The number of hydrogen-bond donors (Lipinski definition) is 3. The minimum atomic E-state index is -3.95. The van der Waals surface area contributed by atoms with Crippen molar-refractivity contribution in [2.45, 2.75) is 4.90 Å². The highest BCUT2D eigenvalue weighted by Crippen LogP contribution is 2.31. The first-order valence-electron chi connectivity index (χ1n) is 9.85. The lowest BCUT2D eigenvalue weighted by atomic mass is 10.2. The van der Waals surface area contributed by atoms with Crippen LogP contribution in [0.1, 0.15) is 10.4 Å². The van der Waals surface area contributed by atoms with E-state index in [1.54, 1.807) is 12.1 Å². The number of methoxy groups -OCH3 is 2. The molecule has 0 fully saturated rings. The van der Waals surface area contributed by atoms with E-state index in [0.29, 0.717) is 11.4 Å². The molecule has 0 saturated carbocycles. The van der Waals surface area contributed by atoms with E-state index in [4.69, 9.17) is 21.1 Å². The van der Waals surface area contributed by atoms with Gasteiger partial charge in [0.25, 0.3) is 15.9 Å². The summed E-state index contributed by atoms with van der Waals surface area (Å²) in [6.45, 7) is 0. The predicted molar refractivity (Wildman–Crippen MR) is 135 cm³/mol. The third-order valence-electron chi connectivity index (χ3n) is 4.60. The number of carbonyl (C=O) groups excluding carboxylic acids is 1.